The fourth-order valence-corrected chi connectivity index (χ4v) is 4.81. The van der Waals surface area contributed by atoms with E-state index in [0.29, 0.717) is 34.8 Å². The van der Waals surface area contributed by atoms with Crippen molar-refractivity contribution in [3.8, 4) is 0 Å². The first-order valence-electron chi connectivity index (χ1n) is 8.51. The Labute approximate surface area is 158 Å². The molecule has 3 heterocycles. The summed E-state index contributed by atoms with van der Waals surface area (Å²) in [6.07, 6.45) is 1.85. The Hall–Kier alpha value is -1.92. The molecule has 27 heavy (non-hydrogen) atoms. The van der Waals surface area contributed by atoms with E-state index in [4.69, 9.17) is 10.5 Å². The van der Waals surface area contributed by atoms with E-state index >= 15 is 0 Å². The summed E-state index contributed by atoms with van der Waals surface area (Å²) in [6, 6.07) is 0.975. The van der Waals surface area contributed by atoms with Crippen molar-refractivity contribution < 1.29 is 30.6 Å². The van der Waals surface area contributed by atoms with Crippen LogP contribution in [-0.2, 0) is 20.4 Å². The molecular weight excluding hydrogens is 374 g/mol. The second-order valence-corrected chi connectivity index (χ2v) is 9.03. The molecule has 1 aliphatic heterocycles. The number of hydrogen-bond acceptors (Lipinski definition) is 8. The Morgan fingerprint density at radius 1 is 1.48 bits per heavy atom. The zero-order valence-electron chi connectivity index (χ0n) is 14.9. The zero-order valence-corrected chi connectivity index (χ0v) is 15.7. The third-order valence-electron chi connectivity index (χ3n) is 4.75. The van der Waals surface area contributed by atoms with E-state index in [1.807, 2.05) is 6.26 Å². The predicted octanol–water partition coefficient (Wildman–Crippen LogP) is -3.37. The number of nitrogens with two attached hydrogens (primary N) is 1. The number of carbonyl (C=O) groups is 1. The molecule has 11 heteroatoms. The summed E-state index contributed by atoms with van der Waals surface area (Å²) in [4.78, 5) is 18.9. The van der Waals surface area contributed by atoms with Gasteiger partial charge in [0.05, 0.1) is 17.6 Å². The molecule has 0 saturated carbocycles. The van der Waals surface area contributed by atoms with Gasteiger partial charge in [-0.25, -0.2) is 9.97 Å². The standard InChI is InChI=1S/C16H23N5O5S/c1-27(5-3-9(17)16(24)25)6-10-11(22)12(23)15(26-10)21-4-2-8-13(18)19-7-20-14(8)21/h2,4,7,9-12,15,22-23H,3,5-6,17H2,1H3,(H2-,18,19,20,24,25)/p+1/t9-,10+,11+,12+,15+,27?/m0/s1. The molecule has 6 atom stereocenters. The minimum absolute atomic E-state index is 0.207. The molecule has 0 aromatic carbocycles. The summed E-state index contributed by atoms with van der Waals surface area (Å²) in [5.74, 6) is 0.297. The minimum atomic E-state index is -1.17. The number of carboxylic acid groups (broad SMARTS) is 1. The fourth-order valence-electron chi connectivity index (χ4n) is 3.12. The van der Waals surface area contributed by atoms with Gasteiger partial charge in [0.15, 0.2) is 6.23 Å². The SMILES string of the molecule is C[S+](CC[C@H]([NH3+])C(=O)[O-])C[C@H]1O[C@@H](n2ccc3c(N)ncnc32)[C@H](O)[C@@H]1O. The molecule has 148 valence electrons. The van der Waals surface area contributed by atoms with Gasteiger partial charge in [0, 0.05) is 12.6 Å². The Morgan fingerprint density at radius 3 is 2.93 bits per heavy atom. The number of aromatic nitrogens is 3. The highest BCUT2D eigenvalue weighted by Gasteiger charge is 2.46. The van der Waals surface area contributed by atoms with E-state index in [1.54, 1.807) is 16.8 Å². The molecular formula is C16H24N5O5S+. The van der Waals surface area contributed by atoms with Crippen LogP contribution in [0.15, 0.2) is 18.6 Å². The lowest BCUT2D eigenvalue weighted by Crippen LogP contribution is -2.68. The number of rotatable bonds is 7. The Bertz CT molecular complexity index is 818. The lowest BCUT2D eigenvalue weighted by Gasteiger charge is -2.17. The van der Waals surface area contributed by atoms with Gasteiger partial charge in [0.2, 0.25) is 0 Å². The van der Waals surface area contributed by atoms with Gasteiger partial charge < -0.3 is 40.9 Å². The molecule has 7 N–H and O–H groups in total. The van der Waals surface area contributed by atoms with E-state index in [0.717, 1.165) is 0 Å². The second kappa shape index (κ2) is 7.98. The number of ether oxygens (including phenoxy) is 1. The highest BCUT2D eigenvalue weighted by Crippen LogP contribution is 2.33. The van der Waals surface area contributed by atoms with Crippen LogP contribution in [0.5, 0.6) is 0 Å². The number of anilines is 1. The molecule has 0 amide bonds. The molecule has 2 aromatic heterocycles. The normalized spacial score (nSPS) is 27.7. The van der Waals surface area contributed by atoms with Crippen LogP contribution < -0.4 is 16.6 Å². The van der Waals surface area contributed by atoms with Crippen molar-refractivity contribution in [2.45, 2.75) is 37.0 Å². The van der Waals surface area contributed by atoms with E-state index in [2.05, 4.69) is 15.7 Å². The van der Waals surface area contributed by atoms with Crippen molar-refractivity contribution in [2.75, 3.05) is 23.5 Å². The number of aliphatic hydroxyl groups is 2. The van der Waals surface area contributed by atoms with Gasteiger partial charge in [-0.3, -0.25) is 0 Å². The van der Waals surface area contributed by atoms with Crippen LogP contribution >= 0.6 is 0 Å². The Kier molecular flexibility index (Phi) is 5.86. The molecule has 1 saturated heterocycles. The van der Waals surface area contributed by atoms with Gasteiger partial charge in [-0.2, -0.15) is 0 Å². The van der Waals surface area contributed by atoms with Crippen LogP contribution in [0.25, 0.3) is 11.0 Å². The predicted molar refractivity (Wildman–Crippen MR) is 97.2 cm³/mol. The Morgan fingerprint density at radius 2 is 2.22 bits per heavy atom. The number of nitrogen functional groups attached to an aromatic ring is 1. The lowest BCUT2D eigenvalue weighted by atomic mass is 10.1. The number of aliphatic carboxylic acids is 1. The van der Waals surface area contributed by atoms with Crippen LogP contribution in [0.2, 0.25) is 0 Å². The van der Waals surface area contributed by atoms with Crippen molar-refractivity contribution in [2.24, 2.45) is 0 Å². The van der Waals surface area contributed by atoms with Gasteiger partial charge in [0.1, 0.15) is 53.7 Å². The molecule has 1 aliphatic rings. The average molecular weight is 398 g/mol. The second-order valence-electron chi connectivity index (χ2n) is 6.72. The molecule has 2 aromatic rings. The van der Waals surface area contributed by atoms with Gasteiger partial charge in [-0.05, 0) is 17.0 Å². The molecule has 10 nitrogen and oxygen atoms in total. The number of aliphatic hydroxyl groups excluding tert-OH is 2. The minimum Gasteiger partial charge on any atom is -0.544 e. The summed E-state index contributed by atoms with van der Waals surface area (Å²) >= 11 is 0. The number of quaternary nitrogens is 1. The van der Waals surface area contributed by atoms with Crippen LogP contribution in [0.3, 0.4) is 0 Å². The average Bonchev–Trinajstić information content (AvgIpc) is 3.17. The summed E-state index contributed by atoms with van der Waals surface area (Å²) in [5, 5.41) is 32.3. The summed E-state index contributed by atoms with van der Waals surface area (Å²) in [5.41, 5.74) is 9.90. The molecule has 0 spiro atoms. The first kappa shape index (κ1) is 19.8. The van der Waals surface area contributed by atoms with Gasteiger partial charge in [-0.1, -0.05) is 0 Å². The summed E-state index contributed by atoms with van der Waals surface area (Å²) in [7, 11) is -0.207. The number of hydrogen-bond donors (Lipinski definition) is 4. The maximum atomic E-state index is 10.8. The van der Waals surface area contributed by atoms with Crippen molar-refractivity contribution in [3.05, 3.63) is 18.6 Å². The molecule has 0 radical (unpaired) electrons. The van der Waals surface area contributed by atoms with E-state index in [-0.39, 0.29) is 10.9 Å². The quantitative estimate of drug-likeness (QED) is 0.350. The molecule has 0 bridgehead atoms. The molecule has 3 rings (SSSR count). The lowest BCUT2D eigenvalue weighted by molar-refractivity contribution is -0.437. The highest BCUT2D eigenvalue weighted by atomic mass is 32.2. The molecule has 1 unspecified atom stereocenters. The topological polar surface area (TPSA) is 174 Å². The van der Waals surface area contributed by atoms with E-state index in [9.17, 15) is 20.1 Å². The molecule has 0 aliphatic carbocycles. The zero-order chi connectivity index (χ0) is 19.7. The number of nitrogens with zero attached hydrogens (tertiary/aromatic N) is 3. The first-order chi connectivity index (χ1) is 12.8. The first-order valence-corrected chi connectivity index (χ1v) is 10.5. The summed E-state index contributed by atoms with van der Waals surface area (Å²) < 4.78 is 7.56. The van der Waals surface area contributed by atoms with Gasteiger partial charge in [-0.15, -0.1) is 0 Å². The summed E-state index contributed by atoms with van der Waals surface area (Å²) in [6.45, 7) is 0. The maximum absolute atomic E-state index is 10.8. The van der Waals surface area contributed by atoms with Crippen LogP contribution in [0.4, 0.5) is 5.82 Å². The Balaban J connectivity index is 1.68. The van der Waals surface area contributed by atoms with Crippen LogP contribution in [0, 0.1) is 0 Å². The highest BCUT2D eigenvalue weighted by molar-refractivity contribution is 7.96. The van der Waals surface area contributed by atoms with Crippen molar-refractivity contribution in [3.63, 3.8) is 0 Å². The number of carboxylic acids is 1. The number of carbonyl (C=O) groups excluding carboxylic acids is 1. The van der Waals surface area contributed by atoms with Crippen molar-refractivity contribution in [1.82, 2.24) is 14.5 Å². The van der Waals surface area contributed by atoms with E-state index in [1.165, 1.54) is 6.33 Å². The van der Waals surface area contributed by atoms with Gasteiger partial charge >= 0.3 is 0 Å². The van der Waals surface area contributed by atoms with E-state index < -0.39 is 36.6 Å². The van der Waals surface area contributed by atoms with Gasteiger partial charge in [0.25, 0.3) is 0 Å². The maximum Gasteiger partial charge on any atom is 0.164 e. The van der Waals surface area contributed by atoms with Crippen LogP contribution in [0.1, 0.15) is 12.6 Å². The van der Waals surface area contributed by atoms with Crippen molar-refractivity contribution in [1.29, 1.82) is 0 Å². The van der Waals surface area contributed by atoms with Crippen LogP contribution in [-0.4, -0.2) is 72.8 Å². The number of fused-ring (bicyclic) bond motifs is 1. The molecule has 1 fully saturated rings. The largest absolute Gasteiger partial charge is 0.544 e. The fraction of sp³-hybridized carbons (Fsp3) is 0.562. The smallest absolute Gasteiger partial charge is 0.164 e. The third-order valence-corrected chi connectivity index (χ3v) is 6.58. The van der Waals surface area contributed by atoms with Crippen molar-refractivity contribution >= 4 is 33.7 Å². The third kappa shape index (κ3) is 4.01. The monoisotopic (exact) mass is 398 g/mol.